The number of ketones is 1. The summed E-state index contributed by atoms with van der Waals surface area (Å²) in [6, 6.07) is 7.48. The van der Waals surface area contributed by atoms with Crippen molar-refractivity contribution in [2.24, 2.45) is 14.1 Å². The van der Waals surface area contributed by atoms with Gasteiger partial charge in [-0.05, 0) is 24.7 Å². The number of nitrogens with two attached hydrogens (primary N) is 1. The maximum Gasteiger partial charge on any atom is 0.332 e. The van der Waals surface area contributed by atoms with Crippen molar-refractivity contribution >= 4 is 11.6 Å². The lowest BCUT2D eigenvalue weighted by atomic mass is 10.1. The molecule has 2 aromatic rings. The molecule has 0 fully saturated rings. The summed E-state index contributed by atoms with van der Waals surface area (Å²) in [6.07, 6.45) is 0. The summed E-state index contributed by atoms with van der Waals surface area (Å²) in [4.78, 5) is 38.4. The Bertz CT molecular complexity index is 897. The van der Waals surface area contributed by atoms with Gasteiger partial charge in [0.25, 0.3) is 5.56 Å². The van der Waals surface area contributed by atoms with Gasteiger partial charge in [-0.15, -0.1) is 0 Å². The molecular formula is C17H22N4O4. The van der Waals surface area contributed by atoms with E-state index in [0.717, 1.165) is 20.4 Å². The third kappa shape index (κ3) is 3.80. The van der Waals surface area contributed by atoms with E-state index in [2.05, 4.69) is 0 Å². The summed E-state index contributed by atoms with van der Waals surface area (Å²) in [5, 5.41) is 0. The zero-order valence-corrected chi connectivity index (χ0v) is 14.8. The van der Waals surface area contributed by atoms with Gasteiger partial charge in [0.2, 0.25) is 0 Å². The van der Waals surface area contributed by atoms with E-state index < -0.39 is 17.0 Å². The monoisotopic (exact) mass is 346 g/mol. The summed E-state index contributed by atoms with van der Waals surface area (Å²) in [5.41, 5.74) is 5.41. The van der Waals surface area contributed by atoms with Crippen LogP contribution in [0.15, 0.2) is 33.9 Å². The van der Waals surface area contributed by atoms with Crippen LogP contribution >= 0.6 is 0 Å². The Balaban J connectivity index is 2.19. The van der Waals surface area contributed by atoms with Crippen LogP contribution < -0.4 is 21.7 Å². The van der Waals surface area contributed by atoms with Crippen molar-refractivity contribution in [1.82, 2.24) is 14.0 Å². The number of benzene rings is 1. The number of likely N-dealkylation sites (N-methyl/N-ethyl adjacent to an activating group) is 1. The molecule has 0 spiro atoms. The summed E-state index contributed by atoms with van der Waals surface area (Å²) < 4.78 is 7.09. The Kier molecular flexibility index (Phi) is 5.43. The number of carbonyl (C=O) groups is 1. The fourth-order valence-corrected chi connectivity index (χ4v) is 2.54. The number of ether oxygens (including phenoxy) is 1. The Hall–Kier alpha value is -2.87. The number of rotatable bonds is 6. The molecule has 1 aromatic carbocycles. The summed E-state index contributed by atoms with van der Waals surface area (Å²) >= 11 is 0. The first kappa shape index (κ1) is 18.5. The molecule has 2 rings (SSSR count). The van der Waals surface area contributed by atoms with Crippen molar-refractivity contribution in [2.75, 3.05) is 26.4 Å². The summed E-state index contributed by atoms with van der Waals surface area (Å²) in [6.45, 7) is 0.519. The first-order valence-corrected chi connectivity index (χ1v) is 7.66. The first-order chi connectivity index (χ1) is 11.8. The van der Waals surface area contributed by atoms with Crippen LogP contribution in [0.3, 0.4) is 0 Å². The molecule has 0 saturated carbocycles. The summed E-state index contributed by atoms with van der Waals surface area (Å²) in [5.74, 6) is 0.213. The molecule has 0 aliphatic rings. The molecule has 0 amide bonds. The standard InChI is InChI=1S/C17H22N4O4/c1-19(9-11-5-7-12(25-4)8-6-11)10-13(22)14-15(18)20(2)17(24)21(3)16(14)23/h5-8H,9-10,18H2,1-4H3. The van der Waals surface area contributed by atoms with Crippen LogP contribution in [0.2, 0.25) is 0 Å². The first-order valence-electron chi connectivity index (χ1n) is 7.66. The van der Waals surface area contributed by atoms with Crippen molar-refractivity contribution in [3.05, 3.63) is 56.2 Å². The third-order valence-corrected chi connectivity index (χ3v) is 4.01. The number of carbonyl (C=O) groups excluding carboxylic acids is 1. The minimum Gasteiger partial charge on any atom is -0.497 e. The highest BCUT2D eigenvalue weighted by atomic mass is 16.5. The van der Waals surface area contributed by atoms with Crippen LogP contribution in [-0.2, 0) is 20.6 Å². The molecule has 0 unspecified atom stereocenters. The molecule has 8 nitrogen and oxygen atoms in total. The minimum atomic E-state index is -0.677. The normalized spacial score (nSPS) is 10.9. The largest absolute Gasteiger partial charge is 0.497 e. The second kappa shape index (κ2) is 7.35. The SMILES string of the molecule is COc1ccc(CN(C)CC(=O)c2c(N)n(C)c(=O)n(C)c2=O)cc1. The quantitative estimate of drug-likeness (QED) is 0.739. The highest BCUT2D eigenvalue weighted by Gasteiger charge is 2.21. The number of hydrogen-bond acceptors (Lipinski definition) is 6. The van der Waals surface area contributed by atoms with E-state index in [4.69, 9.17) is 10.5 Å². The number of hydrogen-bond donors (Lipinski definition) is 1. The minimum absolute atomic E-state index is 0.00364. The van der Waals surface area contributed by atoms with Crippen LogP contribution in [0.4, 0.5) is 5.82 Å². The van der Waals surface area contributed by atoms with Gasteiger partial charge in [-0.2, -0.15) is 0 Å². The topological polar surface area (TPSA) is 99.6 Å². The Morgan fingerprint density at radius 1 is 1.16 bits per heavy atom. The van der Waals surface area contributed by atoms with Crippen LogP contribution in [0.25, 0.3) is 0 Å². The average molecular weight is 346 g/mol. The van der Waals surface area contributed by atoms with E-state index in [1.54, 1.807) is 19.1 Å². The van der Waals surface area contributed by atoms with Gasteiger partial charge in [-0.25, -0.2) is 4.79 Å². The molecule has 2 N–H and O–H groups in total. The summed E-state index contributed by atoms with van der Waals surface area (Å²) in [7, 11) is 6.11. The molecule has 0 aliphatic heterocycles. The molecular weight excluding hydrogens is 324 g/mol. The van der Waals surface area contributed by atoms with Crippen LogP contribution in [-0.4, -0.2) is 40.5 Å². The zero-order valence-electron chi connectivity index (χ0n) is 14.8. The maximum atomic E-state index is 12.5. The second-order valence-electron chi connectivity index (χ2n) is 5.91. The zero-order chi connectivity index (χ0) is 18.7. The molecule has 25 heavy (non-hydrogen) atoms. The van der Waals surface area contributed by atoms with Crippen LogP contribution in [0.5, 0.6) is 5.75 Å². The van der Waals surface area contributed by atoms with E-state index in [-0.39, 0.29) is 17.9 Å². The highest BCUT2D eigenvalue weighted by molar-refractivity contribution is 6.01. The predicted molar refractivity (Wildman–Crippen MR) is 95.0 cm³/mol. The van der Waals surface area contributed by atoms with Gasteiger partial charge in [0.05, 0.1) is 13.7 Å². The molecule has 134 valence electrons. The number of methoxy groups -OCH3 is 1. The number of nitrogen functional groups attached to an aromatic ring is 1. The number of anilines is 1. The van der Waals surface area contributed by atoms with Gasteiger partial charge in [-0.1, -0.05) is 12.1 Å². The van der Waals surface area contributed by atoms with Crippen LogP contribution in [0, 0.1) is 0 Å². The van der Waals surface area contributed by atoms with Gasteiger partial charge in [0.15, 0.2) is 5.78 Å². The van der Waals surface area contributed by atoms with Gasteiger partial charge < -0.3 is 10.5 Å². The molecule has 8 heteroatoms. The number of nitrogens with zero attached hydrogens (tertiary/aromatic N) is 3. The second-order valence-corrected chi connectivity index (χ2v) is 5.91. The Morgan fingerprint density at radius 3 is 2.32 bits per heavy atom. The fraction of sp³-hybridized carbons (Fsp3) is 0.353. The highest BCUT2D eigenvalue weighted by Crippen LogP contribution is 2.13. The molecule has 1 aromatic heterocycles. The van der Waals surface area contributed by atoms with Crippen molar-refractivity contribution in [2.45, 2.75) is 6.54 Å². The lowest BCUT2D eigenvalue weighted by molar-refractivity contribution is 0.0941. The predicted octanol–water partition coefficient (Wildman–Crippen LogP) is -0.0105. The molecule has 0 atom stereocenters. The van der Waals surface area contributed by atoms with Gasteiger partial charge >= 0.3 is 5.69 Å². The average Bonchev–Trinajstić information content (AvgIpc) is 2.59. The van der Waals surface area contributed by atoms with E-state index in [1.807, 2.05) is 24.3 Å². The van der Waals surface area contributed by atoms with Gasteiger partial charge in [0, 0.05) is 20.6 Å². The van der Waals surface area contributed by atoms with E-state index in [1.165, 1.54) is 14.1 Å². The van der Waals surface area contributed by atoms with Crippen molar-refractivity contribution in [1.29, 1.82) is 0 Å². The van der Waals surface area contributed by atoms with E-state index in [0.29, 0.717) is 6.54 Å². The van der Waals surface area contributed by atoms with Crippen molar-refractivity contribution in [3.8, 4) is 5.75 Å². The lowest BCUT2D eigenvalue weighted by Crippen LogP contribution is -2.43. The van der Waals surface area contributed by atoms with Crippen molar-refractivity contribution in [3.63, 3.8) is 0 Å². The Morgan fingerprint density at radius 2 is 1.76 bits per heavy atom. The maximum absolute atomic E-state index is 12.5. The lowest BCUT2D eigenvalue weighted by Gasteiger charge is -2.17. The van der Waals surface area contributed by atoms with E-state index >= 15 is 0 Å². The van der Waals surface area contributed by atoms with Gasteiger partial charge in [-0.3, -0.25) is 23.6 Å². The smallest absolute Gasteiger partial charge is 0.332 e. The Labute approximate surface area is 145 Å². The third-order valence-electron chi connectivity index (χ3n) is 4.01. The molecule has 0 bridgehead atoms. The molecule has 0 radical (unpaired) electrons. The number of aromatic nitrogens is 2. The van der Waals surface area contributed by atoms with Gasteiger partial charge in [0.1, 0.15) is 17.1 Å². The molecule has 0 saturated heterocycles. The molecule has 1 heterocycles. The fourth-order valence-electron chi connectivity index (χ4n) is 2.54. The number of Topliss-reactive ketones (excluding diaryl/α,β-unsaturated/α-hetero) is 1. The molecule has 0 aliphatic carbocycles. The van der Waals surface area contributed by atoms with Crippen LogP contribution in [0.1, 0.15) is 15.9 Å². The van der Waals surface area contributed by atoms with E-state index in [9.17, 15) is 14.4 Å². The van der Waals surface area contributed by atoms with Crippen molar-refractivity contribution < 1.29 is 9.53 Å².